The molecule has 9 nitrogen and oxygen atoms in total. The van der Waals surface area contributed by atoms with Crippen molar-refractivity contribution >= 4 is 22.0 Å². The second-order valence-electron chi connectivity index (χ2n) is 5.94. The van der Waals surface area contributed by atoms with Crippen molar-refractivity contribution in [3.63, 3.8) is 0 Å². The number of hydrogen-bond donors (Lipinski definition) is 1. The molecule has 0 bridgehead atoms. The standard InChI is InChI=1S/C17H25N3O6S/c1-4-25-17(22)19-9-11-20(12-10-19)27(23,24)15-7-5-14(6-8-15)26-13(2)16(21)18-3/h5-8,13H,4,9-12H2,1-3H3,(H,18,21)/t13-/m0/s1. The Morgan fingerprint density at radius 1 is 1.15 bits per heavy atom. The lowest BCUT2D eigenvalue weighted by atomic mass is 10.3. The first-order valence-corrected chi connectivity index (χ1v) is 10.1. The van der Waals surface area contributed by atoms with Crippen LogP contribution in [0.5, 0.6) is 5.75 Å². The van der Waals surface area contributed by atoms with Crippen LogP contribution in [0.4, 0.5) is 4.79 Å². The average Bonchev–Trinajstić information content (AvgIpc) is 2.68. The molecule has 150 valence electrons. The number of benzene rings is 1. The van der Waals surface area contributed by atoms with Gasteiger partial charge in [0.25, 0.3) is 5.91 Å². The minimum atomic E-state index is -3.67. The monoisotopic (exact) mass is 399 g/mol. The number of amides is 2. The van der Waals surface area contributed by atoms with E-state index in [1.807, 2.05) is 0 Å². The molecule has 1 heterocycles. The van der Waals surface area contributed by atoms with Crippen molar-refractivity contribution in [2.45, 2.75) is 24.8 Å². The molecule has 2 amide bonds. The van der Waals surface area contributed by atoms with Gasteiger partial charge in [0, 0.05) is 33.2 Å². The van der Waals surface area contributed by atoms with Crippen LogP contribution in [0.3, 0.4) is 0 Å². The van der Waals surface area contributed by atoms with Crippen LogP contribution in [0.15, 0.2) is 29.2 Å². The number of piperazine rings is 1. The van der Waals surface area contributed by atoms with Crippen molar-refractivity contribution in [1.29, 1.82) is 0 Å². The summed E-state index contributed by atoms with van der Waals surface area (Å²) in [6.07, 6.45) is -1.12. The van der Waals surface area contributed by atoms with Gasteiger partial charge in [-0.25, -0.2) is 13.2 Å². The second-order valence-corrected chi connectivity index (χ2v) is 7.87. The fourth-order valence-corrected chi connectivity index (χ4v) is 4.05. The maximum atomic E-state index is 12.8. The molecule has 0 aromatic heterocycles. The summed E-state index contributed by atoms with van der Waals surface area (Å²) in [5.41, 5.74) is 0. The predicted octanol–water partition coefficient (Wildman–Crippen LogP) is 0.663. The molecule has 0 spiro atoms. The number of ether oxygens (including phenoxy) is 2. The van der Waals surface area contributed by atoms with Crippen LogP contribution >= 0.6 is 0 Å². The number of carbonyl (C=O) groups excluding carboxylic acids is 2. The lowest BCUT2D eigenvalue weighted by Crippen LogP contribution is -2.50. The molecule has 1 atom stereocenters. The quantitative estimate of drug-likeness (QED) is 0.754. The molecule has 0 aliphatic carbocycles. The second kappa shape index (κ2) is 9.05. The van der Waals surface area contributed by atoms with Crippen molar-refractivity contribution in [3.8, 4) is 5.75 Å². The van der Waals surface area contributed by atoms with E-state index in [1.54, 1.807) is 13.8 Å². The smallest absolute Gasteiger partial charge is 0.409 e. The molecule has 0 saturated carbocycles. The Bertz CT molecular complexity index is 757. The summed E-state index contributed by atoms with van der Waals surface area (Å²) in [6.45, 7) is 4.57. The Balaban J connectivity index is 2.01. The van der Waals surface area contributed by atoms with Gasteiger partial charge in [-0.1, -0.05) is 0 Å². The summed E-state index contributed by atoms with van der Waals surface area (Å²) in [5, 5.41) is 2.48. The van der Waals surface area contributed by atoms with Crippen molar-refractivity contribution in [2.75, 3.05) is 39.8 Å². The molecule has 27 heavy (non-hydrogen) atoms. The Kier molecular flexibility index (Phi) is 7.03. The number of sulfonamides is 1. The van der Waals surface area contributed by atoms with Gasteiger partial charge in [0.2, 0.25) is 10.0 Å². The van der Waals surface area contributed by atoms with E-state index in [0.717, 1.165) is 0 Å². The van der Waals surface area contributed by atoms with Crippen LogP contribution in [-0.4, -0.2) is 75.6 Å². The van der Waals surface area contributed by atoms with E-state index in [1.165, 1.54) is 40.5 Å². The summed E-state index contributed by atoms with van der Waals surface area (Å²) in [5.74, 6) is 0.128. The van der Waals surface area contributed by atoms with Crippen molar-refractivity contribution < 1.29 is 27.5 Å². The summed E-state index contributed by atoms with van der Waals surface area (Å²) < 4.78 is 37.3. The van der Waals surface area contributed by atoms with Gasteiger partial charge in [0.1, 0.15) is 5.75 Å². The third kappa shape index (κ3) is 5.10. The number of carbonyl (C=O) groups is 2. The largest absolute Gasteiger partial charge is 0.481 e. The van der Waals surface area contributed by atoms with Gasteiger partial charge in [0.05, 0.1) is 11.5 Å². The molecule has 0 unspecified atom stereocenters. The maximum absolute atomic E-state index is 12.8. The molecule has 1 aliphatic heterocycles. The number of likely N-dealkylation sites (N-methyl/N-ethyl adjacent to an activating group) is 1. The van der Waals surface area contributed by atoms with Gasteiger partial charge in [0.15, 0.2) is 6.10 Å². The van der Waals surface area contributed by atoms with Crippen molar-refractivity contribution in [2.24, 2.45) is 0 Å². The molecule has 1 saturated heterocycles. The molecule has 1 aromatic carbocycles. The lowest BCUT2D eigenvalue weighted by molar-refractivity contribution is -0.126. The molecule has 1 aromatic rings. The molecular weight excluding hydrogens is 374 g/mol. The van der Waals surface area contributed by atoms with E-state index in [0.29, 0.717) is 5.75 Å². The normalized spacial score (nSPS) is 16.5. The zero-order valence-corrected chi connectivity index (χ0v) is 16.5. The summed E-state index contributed by atoms with van der Waals surface area (Å²) >= 11 is 0. The third-order valence-corrected chi connectivity index (χ3v) is 6.07. The van der Waals surface area contributed by atoms with E-state index in [4.69, 9.17) is 9.47 Å². The van der Waals surface area contributed by atoms with Gasteiger partial charge in [-0.15, -0.1) is 0 Å². The van der Waals surface area contributed by atoms with Crippen LogP contribution in [0.2, 0.25) is 0 Å². The highest BCUT2D eigenvalue weighted by Crippen LogP contribution is 2.21. The summed E-state index contributed by atoms with van der Waals surface area (Å²) in [7, 11) is -2.16. The lowest BCUT2D eigenvalue weighted by Gasteiger charge is -2.33. The topological polar surface area (TPSA) is 105 Å². The van der Waals surface area contributed by atoms with Gasteiger partial charge in [-0.2, -0.15) is 4.31 Å². The highest BCUT2D eigenvalue weighted by molar-refractivity contribution is 7.89. The molecule has 0 radical (unpaired) electrons. The zero-order valence-electron chi connectivity index (χ0n) is 15.7. The summed E-state index contributed by atoms with van der Waals surface area (Å²) in [6, 6.07) is 5.92. The van der Waals surface area contributed by atoms with Crippen LogP contribution in [0.25, 0.3) is 0 Å². The van der Waals surface area contributed by atoms with Crippen molar-refractivity contribution in [1.82, 2.24) is 14.5 Å². The van der Waals surface area contributed by atoms with Crippen molar-refractivity contribution in [3.05, 3.63) is 24.3 Å². The number of rotatable bonds is 6. The zero-order chi connectivity index (χ0) is 20.0. The minimum Gasteiger partial charge on any atom is -0.481 e. The van der Waals surface area contributed by atoms with Crippen LogP contribution in [0, 0.1) is 0 Å². The van der Waals surface area contributed by atoms with Gasteiger partial charge in [-0.3, -0.25) is 4.79 Å². The van der Waals surface area contributed by atoms with Gasteiger partial charge >= 0.3 is 6.09 Å². The Labute approximate surface area is 159 Å². The van der Waals surface area contributed by atoms with Crippen LogP contribution in [-0.2, 0) is 19.6 Å². The van der Waals surface area contributed by atoms with E-state index in [-0.39, 0.29) is 43.6 Å². The highest BCUT2D eigenvalue weighted by atomic mass is 32.2. The maximum Gasteiger partial charge on any atom is 0.409 e. The first-order chi connectivity index (χ1) is 12.8. The Morgan fingerprint density at radius 3 is 2.26 bits per heavy atom. The van der Waals surface area contributed by atoms with E-state index in [9.17, 15) is 18.0 Å². The molecule has 1 N–H and O–H groups in total. The Morgan fingerprint density at radius 2 is 1.74 bits per heavy atom. The molecule has 10 heteroatoms. The first-order valence-electron chi connectivity index (χ1n) is 8.69. The summed E-state index contributed by atoms with van der Waals surface area (Å²) in [4.78, 5) is 24.8. The van der Waals surface area contributed by atoms with Gasteiger partial charge in [-0.05, 0) is 38.1 Å². The number of nitrogens with zero attached hydrogens (tertiary/aromatic N) is 2. The highest BCUT2D eigenvalue weighted by Gasteiger charge is 2.30. The van der Waals surface area contributed by atoms with Gasteiger partial charge < -0.3 is 19.7 Å². The molecule has 1 aliphatic rings. The average molecular weight is 399 g/mol. The van der Waals surface area contributed by atoms with Crippen LogP contribution < -0.4 is 10.1 Å². The molecule has 1 fully saturated rings. The van der Waals surface area contributed by atoms with E-state index in [2.05, 4.69) is 5.32 Å². The SMILES string of the molecule is CCOC(=O)N1CCN(S(=O)(=O)c2ccc(O[C@@H](C)C(=O)NC)cc2)CC1. The van der Waals surface area contributed by atoms with Crippen LogP contribution in [0.1, 0.15) is 13.8 Å². The Hall–Kier alpha value is -2.33. The molecular formula is C17H25N3O6S. The molecule has 2 rings (SSSR count). The number of nitrogens with one attached hydrogen (secondary N) is 1. The van der Waals surface area contributed by atoms with E-state index >= 15 is 0 Å². The minimum absolute atomic E-state index is 0.132. The first kappa shape index (κ1) is 21.0. The third-order valence-electron chi connectivity index (χ3n) is 4.15. The van der Waals surface area contributed by atoms with E-state index < -0.39 is 22.2 Å². The fraction of sp³-hybridized carbons (Fsp3) is 0.529. The fourth-order valence-electron chi connectivity index (χ4n) is 2.63. The number of hydrogen-bond acceptors (Lipinski definition) is 6. The predicted molar refractivity (Wildman–Crippen MR) is 98.0 cm³/mol.